The monoisotopic (exact) mass is 376 g/mol. The highest BCUT2D eigenvalue weighted by Gasteiger charge is 2.44. The van der Waals surface area contributed by atoms with Gasteiger partial charge in [-0.25, -0.2) is 0 Å². The van der Waals surface area contributed by atoms with Crippen LogP contribution < -0.4 is 10.3 Å². The molecule has 2 aromatic heterocycles. The molecule has 2 fully saturated rings. The highest BCUT2D eigenvalue weighted by Crippen LogP contribution is 2.42. The Labute approximate surface area is 156 Å². The summed E-state index contributed by atoms with van der Waals surface area (Å²) in [4.78, 5) is 27.0. The molecule has 4 rings (SSSR count). The number of carbonyl (C=O) groups is 1. The van der Waals surface area contributed by atoms with Gasteiger partial charge in [0.2, 0.25) is 0 Å². The molecule has 2 unspecified atom stereocenters. The van der Waals surface area contributed by atoms with Crippen LogP contribution in [0.25, 0.3) is 0 Å². The molecule has 4 heterocycles. The van der Waals surface area contributed by atoms with Crippen LogP contribution in [-0.4, -0.2) is 44.3 Å². The van der Waals surface area contributed by atoms with Crippen LogP contribution in [-0.2, 0) is 7.05 Å². The second-order valence-corrected chi connectivity index (χ2v) is 7.50. The second-order valence-electron chi connectivity index (χ2n) is 7.07. The third kappa shape index (κ3) is 2.80. The van der Waals surface area contributed by atoms with Crippen molar-refractivity contribution >= 4 is 17.5 Å². The molecule has 26 heavy (non-hydrogen) atoms. The minimum Gasteiger partial charge on any atom is -0.496 e. The Bertz CT molecular complexity index is 892. The largest absolute Gasteiger partial charge is 0.496 e. The maximum absolute atomic E-state index is 13.2. The van der Waals surface area contributed by atoms with Gasteiger partial charge in [-0.2, -0.15) is 5.10 Å². The molecule has 2 saturated heterocycles. The van der Waals surface area contributed by atoms with E-state index in [0.29, 0.717) is 16.3 Å². The van der Waals surface area contributed by atoms with E-state index in [1.807, 2.05) is 15.8 Å². The zero-order chi connectivity index (χ0) is 18.4. The van der Waals surface area contributed by atoms with Crippen LogP contribution in [0.3, 0.4) is 0 Å². The van der Waals surface area contributed by atoms with Gasteiger partial charge in [-0.1, -0.05) is 11.6 Å². The summed E-state index contributed by atoms with van der Waals surface area (Å²) in [6.07, 6.45) is 8.74. The van der Waals surface area contributed by atoms with E-state index in [0.717, 1.165) is 25.7 Å². The molecular weight excluding hydrogens is 356 g/mol. The summed E-state index contributed by atoms with van der Waals surface area (Å²) in [5.74, 6) is 0.264. The van der Waals surface area contributed by atoms with Gasteiger partial charge >= 0.3 is 0 Å². The molecule has 2 aromatic rings. The standard InChI is InChI=1S/C18H21ClN4O3/c1-21-10-15(16(26-2)7-17(21)24)18(25)23-12-3-4-13(23)6-14(5-12)22-9-11(19)8-20-22/h7-10,12-14H,3-6H2,1-2H3. The molecule has 0 aliphatic carbocycles. The van der Waals surface area contributed by atoms with Crippen LogP contribution in [0.4, 0.5) is 0 Å². The number of aromatic nitrogens is 3. The Morgan fingerprint density at radius 1 is 1.23 bits per heavy atom. The summed E-state index contributed by atoms with van der Waals surface area (Å²) < 4.78 is 8.62. The van der Waals surface area contributed by atoms with Crippen LogP contribution in [0.1, 0.15) is 42.1 Å². The predicted molar refractivity (Wildman–Crippen MR) is 96.7 cm³/mol. The number of rotatable bonds is 3. The molecule has 7 nitrogen and oxygen atoms in total. The van der Waals surface area contributed by atoms with Gasteiger partial charge in [0, 0.05) is 37.6 Å². The number of methoxy groups -OCH3 is 1. The van der Waals surface area contributed by atoms with Gasteiger partial charge in [0.05, 0.1) is 29.9 Å². The van der Waals surface area contributed by atoms with Crippen LogP contribution in [0.15, 0.2) is 29.5 Å². The third-order valence-electron chi connectivity index (χ3n) is 5.53. The molecule has 2 aliphatic heterocycles. The molecule has 0 radical (unpaired) electrons. The van der Waals surface area contributed by atoms with Gasteiger partial charge in [-0.15, -0.1) is 0 Å². The van der Waals surface area contributed by atoms with Gasteiger partial charge in [0.15, 0.2) is 0 Å². The van der Waals surface area contributed by atoms with Crippen molar-refractivity contribution in [2.24, 2.45) is 7.05 Å². The van der Waals surface area contributed by atoms with Crippen LogP contribution >= 0.6 is 11.6 Å². The topological polar surface area (TPSA) is 69.4 Å². The predicted octanol–water partition coefficient (Wildman–Crippen LogP) is 2.25. The smallest absolute Gasteiger partial charge is 0.259 e. The number of amides is 1. The number of nitrogens with zero attached hydrogens (tertiary/aromatic N) is 4. The van der Waals surface area contributed by atoms with Gasteiger partial charge in [0.25, 0.3) is 11.5 Å². The van der Waals surface area contributed by atoms with E-state index in [1.54, 1.807) is 19.4 Å². The number of piperidine rings is 1. The first kappa shape index (κ1) is 17.1. The van der Waals surface area contributed by atoms with Crippen molar-refractivity contribution in [1.29, 1.82) is 0 Å². The molecule has 1 amide bonds. The van der Waals surface area contributed by atoms with Crippen molar-refractivity contribution in [3.05, 3.63) is 45.6 Å². The van der Waals surface area contributed by atoms with Gasteiger partial charge in [-0.05, 0) is 25.7 Å². The molecular formula is C18H21ClN4O3. The Kier molecular flexibility index (Phi) is 4.26. The molecule has 0 N–H and O–H groups in total. The van der Waals surface area contributed by atoms with Crippen molar-refractivity contribution in [2.75, 3.05) is 7.11 Å². The lowest BCUT2D eigenvalue weighted by Crippen LogP contribution is -2.47. The first-order valence-corrected chi connectivity index (χ1v) is 9.12. The van der Waals surface area contributed by atoms with E-state index in [-0.39, 0.29) is 29.6 Å². The van der Waals surface area contributed by atoms with E-state index >= 15 is 0 Å². The van der Waals surface area contributed by atoms with E-state index < -0.39 is 0 Å². The Hall–Kier alpha value is -2.28. The summed E-state index contributed by atoms with van der Waals surface area (Å²) in [6, 6.07) is 1.95. The normalized spacial score (nSPS) is 24.7. The second kappa shape index (κ2) is 6.46. The maximum atomic E-state index is 13.2. The molecule has 2 aliphatic rings. The molecule has 0 aromatic carbocycles. The minimum atomic E-state index is -0.198. The van der Waals surface area contributed by atoms with E-state index in [1.165, 1.54) is 17.7 Å². The van der Waals surface area contributed by atoms with E-state index in [4.69, 9.17) is 16.3 Å². The van der Waals surface area contributed by atoms with E-state index in [9.17, 15) is 9.59 Å². The van der Waals surface area contributed by atoms with Gasteiger partial charge in [-0.3, -0.25) is 14.3 Å². The fourth-order valence-electron chi connectivity index (χ4n) is 4.29. The summed E-state index contributed by atoms with van der Waals surface area (Å²) in [5.41, 5.74) is 0.239. The lowest BCUT2D eigenvalue weighted by Gasteiger charge is -2.39. The number of hydrogen-bond donors (Lipinski definition) is 0. The lowest BCUT2D eigenvalue weighted by molar-refractivity contribution is 0.0520. The number of aryl methyl sites for hydroxylation is 1. The number of fused-ring (bicyclic) bond motifs is 2. The van der Waals surface area contributed by atoms with Gasteiger partial charge < -0.3 is 14.2 Å². The highest BCUT2D eigenvalue weighted by atomic mass is 35.5. The van der Waals surface area contributed by atoms with Crippen molar-refractivity contribution in [1.82, 2.24) is 19.2 Å². The quantitative estimate of drug-likeness (QED) is 0.823. The number of ether oxygens (including phenoxy) is 1. The zero-order valence-electron chi connectivity index (χ0n) is 14.8. The van der Waals surface area contributed by atoms with Crippen LogP contribution in [0.2, 0.25) is 5.02 Å². The van der Waals surface area contributed by atoms with Crippen molar-refractivity contribution in [3.63, 3.8) is 0 Å². The summed E-state index contributed by atoms with van der Waals surface area (Å²) >= 11 is 6.00. The van der Waals surface area contributed by atoms with Crippen LogP contribution in [0.5, 0.6) is 5.75 Å². The molecule has 0 spiro atoms. The Morgan fingerprint density at radius 2 is 1.92 bits per heavy atom. The number of halogens is 1. The molecule has 8 heteroatoms. The summed E-state index contributed by atoms with van der Waals surface area (Å²) in [7, 11) is 3.12. The minimum absolute atomic E-state index is 0.0677. The first-order chi connectivity index (χ1) is 12.5. The average Bonchev–Trinajstić information content (AvgIpc) is 3.17. The van der Waals surface area contributed by atoms with Crippen LogP contribution in [0, 0.1) is 0 Å². The van der Waals surface area contributed by atoms with E-state index in [2.05, 4.69) is 5.10 Å². The Morgan fingerprint density at radius 3 is 2.50 bits per heavy atom. The molecule has 2 atom stereocenters. The highest BCUT2D eigenvalue weighted by molar-refractivity contribution is 6.30. The molecule has 0 saturated carbocycles. The van der Waals surface area contributed by atoms with Crippen molar-refractivity contribution in [3.8, 4) is 5.75 Å². The zero-order valence-corrected chi connectivity index (χ0v) is 15.5. The number of pyridine rings is 1. The third-order valence-corrected chi connectivity index (χ3v) is 5.72. The van der Waals surface area contributed by atoms with Gasteiger partial charge in [0.1, 0.15) is 5.75 Å². The average molecular weight is 377 g/mol. The Balaban J connectivity index is 1.61. The number of carbonyl (C=O) groups excluding carboxylic acids is 1. The molecule has 138 valence electrons. The summed E-state index contributed by atoms with van der Waals surface area (Å²) in [6.45, 7) is 0. The maximum Gasteiger partial charge on any atom is 0.259 e. The lowest BCUT2D eigenvalue weighted by atomic mass is 9.96. The molecule has 2 bridgehead atoms. The van der Waals surface area contributed by atoms with Crippen molar-refractivity contribution in [2.45, 2.75) is 43.8 Å². The fourth-order valence-corrected chi connectivity index (χ4v) is 4.44. The SMILES string of the molecule is COc1cc(=O)n(C)cc1C(=O)N1C2CCC1CC(n1cc(Cl)cn1)C2. The first-order valence-electron chi connectivity index (χ1n) is 8.75. The number of hydrogen-bond acceptors (Lipinski definition) is 4. The fraction of sp³-hybridized carbons (Fsp3) is 0.500. The summed E-state index contributed by atoms with van der Waals surface area (Å²) in [5, 5.41) is 4.97. The van der Waals surface area contributed by atoms with Crippen molar-refractivity contribution < 1.29 is 9.53 Å².